The van der Waals surface area contributed by atoms with E-state index in [1.54, 1.807) is 42.2 Å². The predicted octanol–water partition coefficient (Wildman–Crippen LogP) is 3.78. The number of aryl methyl sites for hydroxylation is 2. The van der Waals surface area contributed by atoms with Crippen LogP contribution in [0.25, 0.3) is 11.0 Å². The van der Waals surface area contributed by atoms with Crippen LogP contribution in [0.5, 0.6) is 0 Å². The van der Waals surface area contributed by atoms with E-state index in [2.05, 4.69) is 10.3 Å². The summed E-state index contributed by atoms with van der Waals surface area (Å²) >= 11 is 1.60. The molecule has 0 saturated carbocycles. The van der Waals surface area contributed by atoms with Crippen LogP contribution >= 0.6 is 11.8 Å². The van der Waals surface area contributed by atoms with Crippen LogP contribution in [0.3, 0.4) is 0 Å². The third-order valence-electron chi connectivity index (χ3n) is 4.33. The molecule has 0 aliphatic rings. The Balaban J connectivity index is 1.63. The van der Waals surface area contributed by atoms with Gasteiger partial charge in [0.2, 0.25) is 5.43 Å². The van der Waals surface area contributed by atoms with Gasteiger partial charge in [-0.1, -0.05) is 0 Å². The Morgan fingerprint density at radius 3 is 2.68 bits per heavy atom. The first-order valence-corrected chi connectivity index (χ1v) is 10.2. The highest BCUT2D eigenvalue weighted by atomic mass is 32.2. The number of thioether (sulfide) groups is 1. The van der Waals surface area contributed by atoms with E-state index in [-0.39, 0.29) is 22.7 Å². The Morgan fingerprint density at radius 2 is 1.96 bits per heavy atom. The molecule has 1 amide bonds. The lowest BCUT2D eigenvalue weighted by Crippen LogP contribution is -2.31. The fourth-order valence-corrected chi connectivity index (χ4v) is 3.71. The smallest absolute Gasteiger partial charge is 0.256 e. The summed E-state index contributed by atoms with van der Waals surface area (Å²) in [5.41, 5.74) is 1.25. The summed E-state index contributed by atoms with van der Waals surface area (Å²) in [5.74, 6) is 0.156. The number of carbonyl (C=O) groups is 1. The summed E-state index contributed by atoms with van der Waals surface area (Å²) in [6.45, 7) is 4.89. The minimum Gasteiger partial charge on any atom is -0.352 e. The van der Waals surface area contributed by atoms with Gasteiger partial charge in [0.25, 0.3) is 5.91 Å². The highest BCUT2D eigenvalue weighted by Gasteiger charge is 2.15. The summed E-state index contributed by atoms with van der Waals surface area (Å²) < 4.78 is 14.7. The zero-order valence-electron chi connectivity index (χ0n) is 15.9. The molecule has 2 aromatic heterocycles. The van der Waals surface area contributed by atoms with Gasteiger partial charge in [-0.2, -0.15) is 0 Å². The van der Waals surface area contributed by atoms with Gasteiger partial charge in [0.15, 0.2) is 0 Å². The molecule has 2 heterocycles. The molecule has 0 unspecified atom stereocenters. The van der Waals surface area contributed by atoms with Crippen molar-refractivity contribution in [2.24, 2.45) is 0 Å². The van der Waals surface area contributed by atoms with Crippen molar-refractivity contribution in [2.45, 2.75) is 31.7 Å². The Labute approximate surface area is 167 Å². The second-order valence-electron chi connectivity index (χ2n) is 6.39. The predicted molar refractivity (Wildman–Crippen MR) is 110 cm³/mol. The Hall–Kier alpha value is -2.67. The topological polar surface area (TPSA) is 64.0 Å². The molecule has 0 aliphatic carbocycles. The van der Waals surface area contributed by atoms with Gasteiger partial charge in [0.05, 0.1) is 5.39 Å². The molecule has 0 radical (unpaired) electrons. The standard InChI is InChI=1S/C21H22FN3O2S/c1-3-25-13-18(19(26)17-10-5-14(2)24-20(17)25)21(27)23-11-4-12-28-16-8-6-15(22)7-9-16/h5-10,13H,3-4,11-12H2,1-2H3,(H,23,27). The van der Waals surface area contributed by atoms with Crippen LogP contribution < -0.4 is 10.7 Å². The molecule has 3 aromatic rings. The first kappa shape index (κ1) is 20.1. The maximum atomic E-state index is 12.9. The van der Waals surface area contributed by atoms with E-state index < -0.39 is 0 Å². The van der Waals surface area contributed by atoms with Crippen molar-refractivity contribution in [1.82, 2.24) is 14.9 Å². The zero-order valence-corrected chi connectivity index (χ0v) is 16.7. The molecule has 28 heavy (non-hydrogen) atoms. The maximum Gasteiger partial charge on any atom is 0.256 e. The van der Waals surface area contributed by atoms with Crippen LogP contribution in [0.1, 0.15) is 29.4 Å². The minimum atomic E-state index is -0.374. The van der Waals surface area contributed by atoms with Gasteiger partial charge in [-0.25, -0.2) is 9.37 Å². The summed E-state index contributed by atoms with van der Waals surface area (Å²) in [6.07, 6.45) is 2.32. The van der Waals surface area contributed by atoms with Crippen molar-refractivity contribution in [3.63, 3.8) is 0 Å². The first-order valence-electron chi connectivity index (χ1n) is 9.17. The molecular weight excluding hydrogens is 377 g/mol. The van der Waals surface area contributed by atoms with E-state index in [1.807, 2.05) is 18.4 Å². The Bertz CT molecular complexity index is 1050. The number of amides is 1. The van der Waals surface area contributed by atoms with Crippen molar-refractivity contribution >= 4 is 28.7 Å². The molecule has 0 atom stereocenters. The number of rotatable bonds is 7. The second-order valence-corrected chi connectivity index (χ2v) is 7.56. The van der Waals surface area contributed by atoms with Crippen LogP contribution in [0.4, 0.5) is 4.39 Å². The van der Waals surface area contributed by atoms with Crippen LogP contribution in [0.15, 0.2) is 52.3 Å². The molecule has 5 nitrogen and oxygen atoms in total. The van der Waals surface area contributed by atoms with Crippen molar-refractivity contribution in [1.29, 1.82) is 0 Å². The molecule has 3 rings (SSSR count). The number of fused-ring (bicyclic) bond motifs is 1. The highest BCUT2D eigenvalue weighted by Crippen LogP contribution is 2.18. The molecule has 0 bridgehead atoms. The molecule has 146 valence electrons. The average Bonchev–Trinajstić information content (AvgIpc) is 2.69. The number of nitrogens with zero attached hydrogens (tertiary/aromatic N) is 2. The Morgan fingerprint density at radius 1 is 1.21 bits per heavy atom. The molecule has 0 spiro atoms. The highest BCUT2D eigenvalue weighted by molar-refractivity contribution is 7.99. The molecule has 7 heteroatoms. The van der Waals surface area contributed by atoms with Crippen LogP contribution in [0, 0.1) is 12.7 Å². The largest absolute Gasteiger partial charge is 0.352 e. The number of benzene rings is 1. The SMILES string of the molecule is CCn1cc(C(=O)NCCCSc2ccc(F)cc2)c(=O)c2ccc(C)nc21. The Kier molecular flexibility index (Phi) is 6.46. The van der Waals surface area contributed by atoms with Gasteiger partial charge in [0.1, 0.15) is 17.0 Å². The fourth-order valence-electron chi connectivity index (χ4n) is 2.85. The van der Waals surface area contributed by atoms with Crippen molar-refractivity contribution < 1.29 is 9.18 Å². The normalized spacial score (nSPS) is 11.0. The third-order valence-corrected chi connectivity index (χ3v) is 5.43. The fraction of sp³-hybridized carbons (Fsp3) is 0.286. The van der Waals surface area contributed by atoms with Crippen LogP contribution in [0.2, 0.25) is 0 Å². The van der Waals surface area contributed by atoms with Gasteiger partial charge >= 0.3 is 0 Å². The molecular formula is C21H22FN3O2S. The summed E-state index contributed by atoms with van der Waals surface area (Å²) in [5, 5.41) is 3.27. The number of nitrogens with one attached hydrogen (secondary N) is 1. The van der Waals surface area contributed by atoms with E-state index in [9.17, 15) is 14.0 Å². The molecule has 1 N–H and O–H groups in total. The number of carbonyl (C=O) groups excluding carboxylic acids is 1. The quantitative estimate of drug-likeness (QED) is 0.485. The summed E-state index contributed by atoms with van der Waals surface area (Å²) in [6, 6.07) is 9.82. The second kappa shape index (κ2) is 9.01. The number of hydrogen-bond donors (Lipinski definition) is 1. The maximum absolute atomic E-state index is 12.9. The molecule has 0 saturated heterocycles. The van der Waals surface area contributed by atoms with Gasteiger partial charge < -0.3 is 9.88 Å². The number of hydrogen-bond acceptors (Lipinski definition) is 4. The number of aromatic nitrogens is 2. The van der Waals surface area contributed by atoms with E-state index in [0.717, 1.165) is 22.8 Å². The van der Waals surface area contributed by atoms with E-state index in [1.165, 1.54) is 12.1 Å². The van der Waals surface area contributed by atoms with Gasteiger partial charge in [-0.15, -0.1) is 11.8 Å². The van der Waals surface area contributed by atoms with Gasteiger partial charge in [-0.3, -0.25) is 9.59 Å². The lowest BCUT2D eigenvalue weighted by Gasteiger charge is -2.11. The van der Waals surface area contributed by atoms with Crippen molar-refractivity contribution in [3.05, 3.63) is 69.9 Å². The van der Waals surface area contributed by atoms with Crippen LogP contribution in [-0.4, -0.2) is 27.8 Å². The number of halogens is 1. The average molecular weight is 399 g/mol. The number of pyridine rings is 2. The molecule has 0 fully saturated rings. The third kappa shape index (κ3) is 4.59. The van der Waals surface area contributed by atoms with Crippen LogP contribution in [-0.2, 0) is 6.54 Å². The first-order chi connectivity index (χ1) is 13.5. The van der Waals surface area contributed by atoms with Crippen molar-refractivity contribution in [3.8, 4) is 0 Å². The summed E-state index contributed by atoms with van der Waals surface area (Å²) in [7, 11) is 0. The molecule has 1 aromatic carbocycles. The summed E-state index contributed by atoms with van der Waals surface area (Å²) in [4.78, 5) is 30.6. The van der Waals surface area contributed by atoms with E-state index in [0.29, 0.717) is 24.1 Å². The van der Waals surface area contributed by atoms with Gasteiger partial charge in [0, 0.05) is 29.9 Å². The van der Waals surface area contributed by atoms with Crippen molar-refractivity contribution in [2.75, 3.05) is 12.3 Å². The van der Waals surface area contributed by atoms with E-state index >= 15 is 0 Å². The van der Waals surface area contributed by atoms with E-state index in [4.69, 9.17) is 0 Å². The minimum absolute atomic E-state index is 0.131. The monoisotopic (exact) mass is 399 g/mol. The molecule has 0 aliphatic heterocycles. The van der Waals surface area contributed by atoms with Gasteiger partial charge in [-0.05, 0) is 62.4 Å². The zero-order chi connectivity index (χ0) is 20.1. The lowest BCUT2D eigenvalue weighted by molar-refractivity contribution is 0.0952. The lowest BCUT2D eigenvalue weighted by atomic mass is 10.1.